The average molecular weight is 377 g/mol. The molecule has 0 bridgehead atoms. The van der Waals surface area contributed by atoms with Crippen molar-refractivity contribution < 1.29 is 19.1 Å². The molecule has 0 saturated carbocycles. The number of halogens is 1. The van der Waals surface area contributed by atoms with Crippen LogP contribution in [0.25, 0.3) is 0 Å². The summed E-state index contributed by atoms with van der Waals surface area (Å²) in [7, 11) is 1.68. The van der Waals surface area contributed by atoms with Crippen molar-refractivity contribution in [3.05, 3.63) is 59.1 Å². The Morgan fingerprint density at radius 1 is 1.15 bits per heavy atom. The van der Waals surface area contributed by atoms with E-state index in [1.54, 1.807) is 55.3 Å². The molecular weight excluding hydrogens is 356 g/mol. The van der Waals surface area contributed by atoms with Crippen LogP contribution in [-0.4, -0.2) is 43.7 Å². The quantitative estimate of drug-likeness (QED) is 0.791. The predicted octanol–water partition coefficient (Wildman–Crippen LogP) is 4.06. The van der Waals surface area contributed by atoms with E-state index in [-0.39, 0.29) is 12.5 Å². The standard InChI is InChI=1S/C19H21ClN2O4/c1-3-25-19(24)21-15-8-6-7-14(13-15)18(23)22(2)11-12-26-17-10-5-4-9-16(17)20/h4-10,13H,3,11-12H2,1-2H3,(H,21,24). The molecule has 0 spiro atoms. The lowest BCUT2D eigenvalue weighted by molar-refractivity contribution is 0.0773. The molecule has 2 aromatic carbocycles. The van der Waals surface area contributed by atoms with E-state index in [2.05, 4.69) is 5.32 Å². The van der Waals surface area contributed by atoms with Gasteiger partial charge in [-0.1, -0.05) is 29.8 Å². The van der Waals surface area contributed by atoms with E-state index in [9.17, 15) is 9.59 Å². The molecule has 2 amide bonds. The zero-order valence-electron chi connectivity index (χ0n) is 14.7. The van der Waals surface area contributed by atoms with Crippen LogP contribution in [0.3, 0.4) is 0 Å². The molecule has 0 aliphatic rings. The summed E-state index contributed by atoms with van der Waals surface area (Å²) >= 11 is 6.03. The van der Waals surface area contributed by atoms with Crippen LogP contribution in [0.15, 0.2) is 48.5 Å². The molecule has 26 heavy (non-hydrogen) atoms. The maximum absolute atomic E-state index is 12.5. The SMILES string of the molecule is CCOC(=O)Nc1cccc(C(=O)N(C)CCOc2ccccc2Cl)c1. The van der Waals surface area contributed by atoms with Gasteiger partial charge in [-0.3, -0.25) is 10.1 Å². The van der Waals surface area contributed by atoms with E-state index in [4.69, 9.17) is 21.1 Å². The summed E-state index contributed by atoms with van der Waals surface area (Å²) in [5.41, 5.74) is 0.953. The van der Waals surface area contributed by atoms with Crippen molar-refractivity contribution in [3.8, 4) is 5.75 Å². The largest absolute Gasteiger partial charge is 0.490 e. The fourth-order valence-corrected chi connectivity index (χ4v) is 2.38. The van der Waals surface area contributed by atoms with E-state index >= 15 is 0 Å². The van der Waals surface area contributed by atoms with Crippen molar-refractivity contribution in [1.29, 1.82) is 0 Å². The van der Waals surface area contributed by atoms with Crippen molar-refractivity contribution in [1.82, 2.24) is 4.90 Å². The number of nitrogens with zero attached hydrogens (tertiary/aromatic N) is 1. The van der Waals surface area contributed by atoms with Gasteiger partial charge in [0.1, 0.15) is 12.4 Å². The van der Waals surface area contributed by atoms with Gasteiger partial charge in [0.05, 0.1) is 18.2 Å². The number of para-hydroxylation sites is 1. The Bertz CT molecular complexity index is 767. The second-order valence-electron chi connectivity index (χ2n) is 5.43. The Morgan fingerprint density at radius 3 is 2.65 bits per heavy atom. The zero-order chi connectivity index (χ0) is 18.9. The molecule has 6 nitrogen and oxygen atoms in total. The summed E-state index contributed by atoms with van der Waals surface area (Å²) in [6.07, 6.45) is -0.557. The lowest BCUT2D eigenvalue weighted by atomic mass is 10.2. The number of likely N-dealkylation sites (N-methyl/N-ethyl adjacent to an activating group) is 1. The molecular formula is C19H21ClN2O4. The third-order valence-electron chi connectivity index (χ3n) is 3.50. The third-order valence-corrected chi connectivity index (χ3v) is 3.81. The molecule has 138 valence electrons. The highest BCUT2D eigenvalue weighted by Gasteiger charge is 2.13. The second-order valence-corrected chi connectivity index (χ2v) is 5.84. The van der Waals surface area contributed by atoms with Gasteiger partial charge < -0.3 is 14.4 Å². The molecule has 0 fully saturated rings. The Balaban J connectivity index is 1.91. The molecule has 0 heterocycles. The highest BCUT2D eigenvalue weighted by atomic mass is 35.5. The number of rotatable bonds is 7. The summed E-state index contributed by atoms with van der Waals surface area (Å²) < 4.78 is 10.4. The number of nitrogens with one attached hydrogen (secondary N) is 1. The van der Waals surface area contributed by atoms with Gasteiger partial charge in [0.25, 0.3) is 5.91 Å². The summed E-state index contributed by atoms with van der Waals surface area (Å²) in [5, 5.41) is 3.10. The van der Waals surface area contributed by atoms with Gasteiger partial charge >= 0.3 is 6.09 Å². The van der Waals surface area contributed by atoms with Gasteiger partial charge in [-0.15, -0.1) is 0 Å². The number of hydrogen-bond donors (Lipinski definition) is 1. The number of benzene rings is 2. The maximum atomic E-state index is 12.5. The fourth-order valence-electron chi connectivity index (χ4n) is 2.19. The first-order chi connectivity index (χ1) is 12.5. The van der Waals surface area contributed by atoms with E-state index in [0.717, 1.165) is 0 Å². The predicted molar refractivity (Wildman–Crippen MR) is 101 cm³/mol. The van der Waals surface area contributed by atoms with Crippen molar-refractivity contribution in [3.63, 3.8) is 0 Å². The molecule has 0 aliphatic heterocycles. The van der Waals surface area contributed by atoms with Gasteiger partial charge in [0.15, 0.2) is 0 Å². The van der Waals surface area contributed by atoms with Gasteiger partial charge in [-0.25, -0.2) is 4.79 Å². The van der Waals surface area contributed by atoms with Gasteiger partial charge in [-0.05, 0) is 37.3 Å². The van der Waals surface area contributed by atoms with Crippen molar-refractivity contribution >= 4 is 29.3 Å². The number of carbonyl (C=O) groups is 2. The molecule has 1 N–H and O–H groups in total. The van der Waals surface area contributed by atoms with Crippen LogP contribution in [0, 0.1) is 0 Å². The second kappa shape index (κ2) is 9.68. The van der Waals surface area contributed by atoms with Gasteiger partial charge in [0, 0.05) is 18.3 Å². The first-order valence-corrected chi connectivity index (χ1v) is 8.55. The third kappa shape index (κ3) is 5.67. The minimum atomic E-state index is -0.557. The van der Waals surface area contributed by atoms with Crippen molar-refractivity contribution in [2.75, 3.05) is 32.1 Å². The van der Waals surface area contributed by atoms with Crippen molar-refractivity contribution in [2.24, 2.45) is 0 Å². The van der Waals surface area contributed by atoms with Gasteiger partial charge in [-0.2, -0.15) is 0 Å². The van der Waals surface area contributed by atoms with Crippen LogP contribution in [0.1, 0.15) is 17.3 Å². The molecule has 0 radical (unpaired) electrons. The molecule has 0 unspecified atom stereocenters. The molecule has 0 saturated heterocycles. The minimum Gasteiger partial charge on any atom is -0.490 e. The highest BCUT2D eigenvalue weighted by molar-refractivity contribution is 6.32. The molecule has 0 aliphatic carbocycles. The first-order valence-electron chi connectivity index (χ1n) is 8.18. The number of anilines is 1. The van der Waals surface area contributed by atoms with Crippen LogP contribution in [0.2, 0.25) is 5.02 Å². The van der Waals surface area contributed by atoms with Crippen LogP contribution in [0.5, 0.6) is 5.75 Å². The molecule has 2 rings (SSSR count). The topological polar surface area (TPSA) is 67.9 Å². The molecule has 7 heteroatoms. The van der Waals surface area contributed by atoms with E-state index < -0.39 is 6.09 Å². The summed E-state index contributed by atoms with van der Waals surface area (Å²) in [4.78, 5) is 25.5. The number of carbonyl (C=O) groups excluding carboxylic acids is 2. The Labute approximate surface area is 157 Å². The summed E-state index contributed by atoms with van der Waals surface area (Å²) in [6.45, 7) is 2.70. The smallest absolute Gasteiger partial charge is 0.411 e. The highest BCUT2D eigenvalue weighted by Crippen LogP contribution is 2.23. The first kappa shape index (κ1) is 19.6. The Kier molecular flexibility index (Phi) is 7.29. The maximum Gasteiger partial charge on any atom is 0.411 e. The molecule has 2 aromatic rings. The average Bonchev–Trinajstić information content (AvgIpc) is 2.63. The van der Waals surface area contributed by atoms with E-state index in [1.807, 2.05) is 12.1 Å². The van der Waals surface area contributed by atoms with Crippen LogP contribution in [-0.2, 0) is 4.74 Å². The lowest BCUT2D eigenvalue weighted by Crippen LogP contribution is -2.31. The number of amides is 2. The summed E-state index contributed by atoms with van der Waals surface area (Å²) in [5.74, 6) is 0.399. The minimum absolute atomic E-state index is 0.180. The fraction of sp³-hybridized carbons (Fsp3) is 0.263. The Morgan fingerprint density at radius 2 is 1.92 bits per heavy atom. The normalized spacial score (nSPS) is 10.1. The van der Waals surface area contributed by atoms with Gasteiger partial charge in [0.2, 0.25) is 0 Å². The van der Waals surface area contributed by atoms with Crippen molar-refractivity contribution in [2.45, 2.75) is 6.92 Å². The number of hydrogen-bond acceptors (Lipinski definition) is 4. The summed E-state index contributed by atoms with van der Waals surface area (Å²) in [6, 6.07) is 13.8. The van der Waals surface area contributed by atoms with Crippen LogP contribution >= 0.6 is 11.6 Å². The number of ether oxygens (including phenoxy) is 2. The molecule has 0 atom stereocenters. The van der Waals surface area contributed by atoms with E-state index in [0.29, 0.717) is 35.2 Å². The molecule has 0 aromatic heterocycles. The zero-order valence-corrected chi connectivity index (χ0v) is 15.5. The monoisotopic (exact) mass is 376 g/mol. The van der Waals surface area contributed by atoms with E-state index in [1.165, 1.54) is 0 Å². The Hall–Kier alpha value is -2.73. The lowest BCUT2D eigenvalue weighted by Gasteiger charge is -2.18. The van der Waals surface area contributed by atoms with Crippen LogP contribution in [0.4, 0.5) is 10.5 Å². The van der Waals surface area contributed by atoms with Crippen LogP contribution < -0.4 is 10.1 Å².